The number of benzene rings is 1. The van der Waals surface area contributed by atoms with E-state index in [9.17, 15) is 9.59 Å². The van der Waals surface area contributed by atoms with Crippen LogP contribution in [0.2, 0.25) is 0 Å². The van der Waals surface area contributed by atoms with Crippen molar-refractivity contribution in [2.45, 2.75) is 46.1 Å². The smallest absolute Gasteiger partial charge is 0.223 e. The fourth-order valence-corrected chi connectivity index (χ4v) is 1.73. The Hall–Kier alpha value is -1.84. The number of carbonyl (C=O) groups is 2. The van der Waals surface area contributed by atoms with E-state index >= 15 is 0 Å². The van der Waals surface area contributed by atoms with Crippen LogP contribution in [0.4, 0.5) is 0 Å². The summed E-state index contributed by atoms with van der Waals surface area (Å²) in [5.41, 5.74) is 1.12. The van der Waals surface area contributed by atoms with Crippen molar-refractivity contribution in [1.82, 2.24) is 5.32 Å². The summed E-state index contributed by atoms with van der Waals surface area (Å²) < 4.78 is 5.51. The van der Waals surface area contributed by atoms with Gasteiger partial charge in [0, 0.05) is 12.5 Å². The molecule has 0 aromatic heterocycles. The molecule has 0 saturated carbocycles. The summed E-state index contributed by atoms with van der Waals surface area (Å²) in [6, 6.07) is 7.80. The first-order valence-electron chi connectivity index (χ1n) is 6.98. The molecule has 0 bridgehead atoms. The Kier molecular flexibility index (Phi) is 6.77. The third kappa shape index (κ3) is 6.92. The van der Waals surface area contributed by atoms with Crippen LogP contribution in [0, 0.1) is 0 Å². The lowest BCUT2D eigenvalue weighted by Gasteiger charge is -2.09. The highest BCUT2D eigenvalue weighted by molar-refractivity contribution is 5.76. The number of hydrogen-bond acceptors (Lipinski definition) is 3. The zero-order chi connectivity index (χ0) is 15.0. The molecule has 0 unspecified atom stereocenters. The fourth-order valence-electron chi connectivity index (χ4n) is 1.73. The third-order valence-electron chi connectivity index (χ3n) is 2.74. The van der Waals surface area contributed by atoms with Crippen LogP contribution in [0.1, 0.15) is 39.2 Å². The van der Waals surface area contributed by atoms with Gasteiger partial charge in [-0.2, -0.15) is 0 Å². The first-order chi connectivity index (χ1) is 9.47. The summed E-state index contributed by atoms with van der Waals surface area (Å²) in [4.78, 5) is 22.3. The standard InChI is InChI=1S/C16H23NO3/c1-12(2)17-16(19)10-11-20-15-8-6-14(7-9-15)5-4-13(3)18/h6-9,12H,4-5,10-11H2,1-3H3,(H,17,19). The minimum Gasteiger partial charge on any atom is -0.493 e. The highest BCUT2D eigenvalue weighted by Crippen LogP contribution is 2.13. The predicted molar refractivity (Wildman–Crippen MR) is 78.8 cm³/mol. The van der Waals surface area contributed by atoms with Gasteiger partial charge in [0.2, 0.25) is 5.91 Å². The van der Waals surface area contributed by atoms with Crippen LogP contribution in [0.3, 0.4) is 0 Å². The van der Waals surface area contributed by atoms with Gasteiger partial charge in [0.25, 0.3) is 0 Å². The SMILES string of the molecule is CC(=O)CCc1ccc(OCCC(=O)NC(C)C)cc1. The van der Waals surface area contributed by atoms with Gasteiger partial charge < -0.3 is 14.8 Å². The lowest BCUT2D eigenvalue weighted by molar-refractivity contribution is -0.122. The molecule has 1 N–H and O–H groups in total. The number of ketones is 1. The molecule has 1 amide bonds. The molecule has 0 aliphatic rings. The molecule has 0 fully saturated rings. The van der Waals surface area contributed by atoms with Crippen molar-refractivity contribution in [1.29, 1.82) is 0 Å². The number of aryl methyl sites for hydroxylation is 1. The molecule has 0 radical (unpaired) electrons. The summed E-state index contributed by atoms with van der Waals surface area (Å²) in [6.07, 6.45) is 1.67. The van der Waals surface area contributed by atoms with Crippen molar-refractivity contribution < 1.29 is 14.3 Å². The van der Waals surface area contributed by atoms with E-state index < -0.39 is 0 Å². The maximum absolute atomic E-state index is 11.4. The maximum atomic E-state index is 11.4. The number of Topliss-reactive ketones (excluding diaryl/α,β-unsaturated/α-hetero) is 1. The highest BCUT2D eigenvalue weighted by Gasteiger charge is 2.03. The number of ether oxygens (including phenoxy) is 1. The van der Waals surface area contributed by atoms with Gasteiger partial charge in [-0.15, -0.1) is 0 Å². The number of hydrogen-bond donors (Lipinski definition) is 1. The lowest BCUT2D eigenvalue weighted by Crippen LogP contribution is -2.31. The number of rotatable bonds is 8. The number of amides is 1. The molecule has 110 valence electrons. The van der Waals surface area contributed by atoms with Crippen LogP contribution in [-0.4, -0.2) is 24.3 Å². The number of carbonyl (C=O) groups excluding carboxylic acids is 2. The van der Waals surface area contributed by atoms with E-state index in [4.69, 9.17) is 4.74 Å². The molecule has 0 spiro atoms. The van der Waals surface area contributed by atoms with Gasteiger partial charge in [0.1, 0.15) is 11.5 Å². The molecular formula is C16H23NO3. The Morgan fingerprint density at radius 3 is 2.35 bits per heavy atom. The predicted octanol–water partition coefficient (Wildman–Crippen LogP) is 2.50. The van der Waals surface area contributed by atoms with Crippen LogP contribution < -0.4 is 10.1 Å². The minimum absolute atomic E-state index is 0.00178. The quantitative estimate of drug-likeness (QED) is 0.794. The second-order valence-corrected chi connectivity index (χ2v) is 5.17. The van der Waals surface area contributed by atoms with Gasteiger partial charge in [-0.05, 0) is 44.9 Å². The van der Waals surface area contributed by atoms with Crippen LogP contribution in [0.25, 0.3) is 0 Å². The molecule has 0 aliphatic carbocycles. The highest BCUT2D eigenvalue weighted by atomic mass is 16.5. The summed E-state index contributed by atoms with van der Waals surface area (Å²) >= 11 is 0. The van der Waals surface area contributed by atoms with E-state index in [1.54, 1.807) is 6.92 Å². The second-order valence-electron chi connectivity index (χ2n) is 5.17. The monoisotopic (exact) mass is 277 g/mol. The number of nitrogens with one attached hydrogen (secondary N) is 1. The van der Waals surface area contributed by atoms with Crippen molar-refractivity contribution >= 4 is 11.7 Å². The van der Waals surface area contributed by atoms with Gasteiger partial charge >= 0.3 is 0 Å². The van der Waals surface area contributed by atoms with E-state index in [1.807, 2.05) is 38.1 Å². The lowest BCUT2D eigenvalue weighted by atomic mass is 10.1. The van der Waals surface area contributed by atoms with E-state index in [0.29, 0.717) is 19.4 Å². The zero-order valence-electron chi connectivity index (χ0n) is 12.4. The Morgan fingerprint density at radius 2 is 1.80 bits per heavy atom. The Bertz CT molecular complexity index is 438. The van der Waals surface area contributed by atoms with Gasteiger partial charge in [0.15, 0.2) is 0 Å². The molecule has 20 heavy (non-hydrogen) atoms. The van der Waals surface area contributed by atoms with Crippen molar-refractivity contribution in [2.24, 2.45) is 0 Å². The second kappa shape index (κ2) is 8.35. The van der Waals surface area contributed by atoms with Crippen molar-refractivity contribution in [3.8, 4) is 5.75 Å². The molecule has 1 rings (SSSR count). The van der Waals surface area contributed by atoms with Crippen molar-refractivity contribution in [3.63, 3.8) is 0 Å². The van der Waals surface area contributed by atoms with Gasteiger partial charge in [-0.1, -0.05) is 12.1 Å². The van der Waals surface area contributed by atoms with Crippen LogP contribution in [0.5, 0.6) is 5.75 Å². The largest absolute Gasteiger partial charge is 0.493 e. The summed E-state index contributed by atoms with van der Waals surface area (Å²) in [7, 11) is 0. The molecule has 4 heteroatoms. The summed E-state index contributed by atoms with van der Waals surface area (Å²) in [5.74, 6) is 0.938. The fraction of sp³-hybridized carbons (Fsp3) is 0.500. The van der Waals surface area contributed by atoms with E-state index in [-0.39, 0.29) is 17.7 Å². The van der Waals surface area contributed by atoms with Crippen molar-refractivity contribution in [3.05, 3.63) is 29.8 Å². The molecule has 0 atom stereocenters. The average Bonchev–Trinajstić information content (AvgIpc) is 2.37. The van der Waals surface area contributed by atoms with Crippen LogP contribution in [-0.2, 0) is 16.0 Å². The van der Waals surface area contributed by atoms with Crippen molar-refractivity contribution in [2.75, 3.05) is 6.61 Å². The first-order valence-corrected chi connectivity index (χ1v) is 6.98. The van der Waals surface area contributed by atoms with Gasteiger partial charge in [-0.25, -0.2) is 0 Å². The molecule has 0 aliphatic heterocycles. The maximum Gasteiger partial charge on any atom is 0.223 e. The summed E-state index contributed by atoms with van der Waals surface area (Å²) in [6.45, 7) is 5.82. The van der Waals surface area contributed by atoms with E-state index in [0.717, 1.165) is 17.7 Å². The average molecular weight is 277 g/mol. The Balaban J connectivity index is 2.31. The summed E-state index contributed by atoms with van der Waals surface area (Å²) in [5, 5.41) is 2.81. The zero-order valence-corrected chi connectivity index (χ0v) is 12.4. The molecular weight excluding hydrogens is 254 g/mol. The Morgan fingerprint density at radius 1 is 1.15 bits per heavy atom. The first kappa shape index (κ1) is 16.2. The normalized spacial score (nSPS) is 10.4. The Labute approximate surface area is 120 Å². The molecule has 0 saturated heterocycles. The van der Waals surface area contributed by atoms with E-state index in [2.05, 4.69) is 5.32 Å². The van der Waals surface area contributed by atoms with Gasteiger partial charge in [-0.3, -0.25) is 4.79 Å². The molecule has 1 aromatic rings. The van der Waals surface area contributed by atoms with Gasteiger partial charge in [0.05, 0.1) is 13.0 Å². The topological polar surface area (TPSA) is 55.4 Å². The molecule has 1 aromatic carbocycles. The van der Waals surface area contributed by atoms with Crippen LogP contribution in [0.15, 0.2) is 24.3 Å². The molecule has 4 nitrogen and oxygen atoms in total. The third-order valence-corrected chi connectivity index (χ3v) is 2.74. The minimum atomic E-state index is -0.00178. The van der Waals surface area contributed by atoms with E-state index in [1.165, 1.54) is 0 Å². The van der Waals surface area contributed by atoms with Crippen LogP contribution >= 0.6 is 0 Å². The molecule has 0 heterocycles.